The van der Waals surface area contributed by atoms with Gasteiger partial charge in [0.15, 0.2) is 0 Å². The summed E-state index contributed by atoms with van der Waals surface area (Å²) in [5.41, 5.74) is 3.66. The Kier molecular flexibility index (Phi) is 3.99. The lowest BCUT2D eigenvalue weighted by Crippen LogP contribution is -1.87. The minimum atomic E-state index is 0.657. The molecule has 0 unspecified atom stereocenters. The SMILES string of the molecule is COc1ccc(Cl)cc1-c1cc(-c2cccc(Br)c2)n[nH]1. The maximum Gasteiger partial charge on any atom is 0.128 e. The van der Waals surface area contributed by atoms with Crippen molar-refractivity contribution in [2.75, 3.05) is 7.11 Å². The Bertz CT molecular complexity index is 785. The van der Waals surface area contributed by atoms with Gasteiger partial charge in [-0.1, -0.05) is 39.7 Å². The third-order valence-corrected chi connectivity index (χ3v) is 3.88. The summed E-state index contributed by atoms with van der Waals surface area (Å²) < 4.78 is 6.39. The molecule has 3 aromatic rings. The monoisotopic (exact) mass is 362 g/mol. The van der Waals surface area contributed by atoms with Gasteiger partial charge in [-0.15, -0.1) is 0 Å². The predicted octanol–water partition coefficient (Wildman–Crippen LogP) is 5.17. The van der Waals surface area contributed by atoms with Crippen LogP contribution < -0.4 is 4.74 Å². The van der Waals surface area contributed by atoms with Crippen LogP contribution in [0.15, 0.2) is 53.0 Å². The average molecular weight is 364 g/mol. The summed E-state index contributed by atoms with van der Waals surface area (Å²) in [7, 11) is 1.64. The lowest BCUT2D eigenvalue weighted by molar-refractivity contribution is 0.416. The lowest BCUT2D eigenvalue weighted by atomic mass is 10.1. The van der Waals surface area contributed by atoms with Gasteiger partial charge in [0.2, 0.25) is 0 Å². The van der Waals surface area contributed by atoms with E-state index in [0.717, 1.165) is 32.7 Å². The van der Waals surface area contributed by atoms with Gasteiger partial charge >= 0.3 is 0 Å². The molecule has 0 atom stereocenters. The predicted molar refractivity (Wildman–Crippen MR) is 88.7 cm³/mol. The summed E-state index contributed by atoms with van der Waals surface area (Å²) in [4.78, 5) is 0. The minimum Gasteiger partial charge on any atom is -0.496 e. The molecule has 3 nitrogen and oxygen atoms in total. The van der Waals surface area contributed by atoms with Gasteiger partial charge in [-0.05, 0) is 36.4 Å². The summed E-state index contributed by atoms with van der Waals surface area (Å²) in [6, 6.07) is 15.5. The molecule has 1 N–H and O–H groups in total. The number of nitrogens with one attached hydrogen (secondary N) is 1. The highest BCUT2D eigenvalue weighted by Gasteiger charge is 2.11. The number of rotatable bonds is 3. The van der Waals surface area contributed by atoms with E-state index in [1.807, 2.05) is 42.5 Å². The third-order valence-electron chi connectivity index (χ3n) is 3.15. The van der Waals surface area contributed by atoms with Crippen LogP contribution in [-0.2, 0) is 0 Å². The van der Waals surface area contributed by atoms with Crippen molar-refractivity contribution in [1.29, 1.82) is 0 Å². The zero-order valence-corrected chi connectivity index (χ0v) is 13.6. The Labute approximate surface area is 136 Å². The Morgan fingerprint density at radius 1 is 1.14 bits per heavy atom. The summed E-state index contributed by atoms with van der Waals surface area (Å²) >= 11 is 9.54. The molecule has 5 heteroatoms. The van der Waals surface area contributed by atoms with E-state index in [4.69, 9.17) is 16.3 Å². The van der Waals surface area contributed by atoms with Crippen molar-refractivity contribution in [1.82, 2.24) is 10.2 Å². The molecule has 0 saturated carbocycles. The first-order chi connectivity index (χ1) is 10.2. The first kappa shape index (κ1) is 14.2. The number of aromatic amines is 1. The van der Waals surface area contributed by atoms with E-state index < -0.39 is 0 Å². The molecule has 0 amide bonds. The maximum absolute atomic E-state index is 6.07. The van der Waals surface area contributed by atoms with Crippen molar-refractivity contribution in [3.63, 3.8) is 0 Å². The number of halogens is 2. The highest BCUT2D eigenvalue weighted by atomic mass is 79.9. The average Bonchev–Trinajstić information content (AvgIpc) is 2.97. The molecule has 0 radical (unpaired) electrons. The van der Waals surface area contributed by atoms with Crippen LogP contribution in [0.1, 0.15) is 0 Å². The van der Waals surface area contributed by atoms with Crippen LogP contribution in [0.25, 0.3) is 22.5 Å². The Morgan fingerprint density at radius 3 is 2.76 bits per heavy atom. The molecular weight excluding hydrogens is 352 g/mol. The van der Waals surface area contributed by atoms with Gasteiger partial charge in [0.05, 0.1) is 18.5 Å². The molecule has 1 aromatic heterocycles. The van der Waals surface area contributed by atoms with Crippen LogP contribution in [0.4, 0.5) is 0 Å². The fourth-order valence-corrected chi connectivity index (χ4v) is 2.72. The van der Waals surface area contributed by atoms with Crippen molar-refractivity contribution in [3.8, 4) is 28.3 Å². The normalized spacial score (nSPS) is 10.6. The number of hydrogen-bond donors (Lipinski definition) is 1. The van der Waals surface area contributed by atoms with Gasteiger partial charge < -0.3 is 4.74 Å². The van der Waals surface area contributed by atoms with Gasteiger partial charge in [-0.2, -0.15) is 5.10 Å². The van der Waals surface area contributed by atoms with Gasteiger partial charge in [-0.3, -0.25) is 5.10 Å². The quantitative estimate of drug-likeness (QED) is 0.697. The first-order valence-corrected chi connectivity index (χ1v) is 7.50. The number of ether oxygens (including phenoxy) is 1. The summed E-state index contributed by atoms with van der Waals surface area (Å²) in [5, 5.41) is 8.06. The molecule has 0 saturated heterocycles. The minimum absolute atomic E-state index is 0.657. The summed E-state index contributed by atoms with van der Waals surface area (Å²) in [6.45, 7) is 0. The molecule has 2 aromatic carbocycles. The second kappa shape index (κ2) is 5.92. The van der Waals surface area contributed by atoms with Crippen LogP contribution in [0.2, 0.25) is 5.02 Å². The fraction of sp³-hybridized carbons (Fsp3) is 0.0625. The summed E-state index contributed by atoms with van der Waals surface area (Å²) in [5.74, 6) is 0.754. The highest BCUT2D eigenvalue weighted by Crippen LogP contribution is 2.33. The summed E-state index contributed by atoms with van der Waals surface area (Å²) in [6.07, 6.45) is 0. The van der Waals surface area contributed by atoms with E-state index in [-0.39, 0.29) is 0 Å². The third kappa shape index (κ3) is 2.96. The molecule has 0 aliphatic rings. The first-order valence-electron chi connectivity index (χ1n) is 6.32. The van der Waals surface area contributed by atoms with Crippen molar-refractivity contribution in [2.45, 2.75) is 0 Å². The van der Waals surface area contributed by atoms with Gasteiger partial charge in [0.1, 0.15) is 5.75 Å². The molecule has 3 rings (SSSR count). The van der Waals surface area contributed by atoms with Gasteiger partial charge in [0, 0.05) is 20.6 Å². The molecule has 21 heavy (non-hydrogen) atoms. The molecule has 0 bridgehead atoms. The molecule has 0 spiro atoms. The van der Waals surface area contributed by atoms with Crippen LogP contribution in [0, 0.1) is 0 Å². The van der Waals surface area contributed by atoms with E-state index in [2.05, 4.69) is 26.1 Å². The lowest BCUT2D eigenvalue weighted by Gasteiger charge is -2.06. The van der Waals surface area contributed by atoms with Crippen molar-refractivity contribution in [2.24, 2.45) is 0 Å². The fourth-order valence-electron chi connectivity index (χ4n) is 2.15. The number of methoxy groups -OCH3 is 1. The number of nitrogens with zero attached hydrogens (tertiary/aromatic N) is 1. The van der Waals surface area contributed by atoms with E-state index >= 15 is 0 Å². The van der Waals surface area contributed by atoms with E-state index in [9.17, 15) is 0 Å². The number of aromatic nitrogens is 2. The van der Waals surface area contributed by atoms with Crippen molar-refractivity contribution < 1.29 is 4.74 Å². The number of hydrogen-bond acceptors (Lipinski definition) is 2. The Hall–Kier alpha value is -1.78. The van der Waals surface area contributed by atoms with E-state index in [0.29, 0.717) is 5.02 Å². The van der Waals surface area contributed by atoms with Crippen LogP contribution in [-0.4, -0.2) is 17.3 Å². The molecule has 0 aliphatic carbocycles. The smallest absolute Gasteiger partial charge is 0.128 e. The Balaban J connectivity index is 2.04. The van der Waals surface area contributed by atoms with E-state index in [1.54, 1.807) is 13.2 Å². The highest BCUT2D eigenvalue weighted by molar-refractivity contribution is 9.10. The van der Waals surface area contributed by atoms with E-state index in [1.165, 1.54) is 0 Å². The molecule has 1 heterocycles. The molecule has 0 aliphatic heterocycles. The molecule has 0 fully saturated rings. The second-order valence-electron chi connectivity index (χ2n) is 4.52. The number of H-pyrrole nitrogens is 1. The van der Waals surface area contributed by atoms with Crippen LogP contribution in [0.3, 0.4) is 0 Å². The van der Waals surface area contributed by atoms with Gasteiger partial charge in [0.25, 0.3) is 0 Å². The zero-order chi connectivity index (χ0) is 14.8. The maximum atomic E-state index is 6.07. The van der Waals surface area contributed by atoms with Crippen LogP contribution >= 0.6 is 27.5 Å². The zero-order valence-electron chi connectivity index (χ0n) is 11.2. The van der Waals surface area contributed by atoms with Crippen molar-refractivity contribution in [3.05, 3.63) is 58.0 Å². The molecular formula is C16H12BrClN2O. The van der Waals surface area contributed by atoms with Crippen molar-refractivity contribution >= 4 is 27.5 Å². The standard InChI is InChI=1S/C16H12BrClN2O/c1-21-16-6-5-12(18)8-13(16)15-9-14(19-20-15)10-3-2-4-11(17)7-10/h2-9H,1H3,(H,19,20). The van der Waals surface area contributed by atoms with Gasteiger partial charge in [-0.25, -0.2) is 0 Å². The second-order valence-corrected chi connectivity index (χ2v) is 5.87. The van der Waals surface area contributed by atoms with Crippen LogP contribution in [0.5, 0.6) is 5.75 Å². The largest absolute Gasteiger partial charge is 0.496 e. The number of benzene rings is 2. The topological polar surface area (TPSA) is 37.9 Å². The Morgan fingerprint density at radius 2 is 2.00 bits per heavy atom. The molecule has 106 valence electrons.